The van der Waals surface area contributed by atoms with E-state index in [4.69, 9.17) is 0 Å². The lowest BCUT2D eigenvalue weighted by atomic mass is 9.98. The van der Waals surface area contributed by atoms with E-state index in [1.807, 2.05) is 38.1 Å². The summed E-state index contributed by atoms with van der Waals surface area (Å²) in [4.78, 5) is 33.0. The first kappa shape index (κ1) is 28.1. The highest BCUT2D eigenvalue weighted by molar-refractivity contribution is 5.95. The van der Waals surface area contributed by atoms with Gasteiger partial charge >= 0.3 is 5.97 Å². The van der Waals surface area contributed by atoms with Crippen molar-refractivity contribution in [3.63, 3.8) is 0 Å². The molecule has 0 atom stereocenters. The van der Waals surface area contributed by atoms with Crippen molar-refractivity contribution in [3.05, 3.63) is 94.4 Å². The predicted molar refractivity (Wildman–Crippen MR) is 144 cm³/mol. The van der Waals surface area contributed by atoms with Gasteiger partial charge in [0.15, 0.2) is 0 Å². The second kappa shape index (κ2) is 12.7. The number of carbonyl (C=O) groups is 2. The van der Waals surface area contributed by atoms with Crippen molar-refractivity contribution in [2.24, 2.45) is 0 Å². The van der Waals surface area contributed by atoms with E-state index in [0.717, 1.165) is 36.3 Å². The van der Waals surface area contributed by atoms with Crippen LogP contribution in [-0.2, 0) is 13.1 Å². The lowest BCUT2D eigenvalue weighted by Gasteiger charge is -2.36. The molecule has 37 heavy (non-hydrogen) atoms. The predicted octanol–water partition coefficient (Wildman–Crippen LogP) is 4.72. The summed E-state index contributed by atoms with van der Waals surface area (Å²) in [7, 11) is 0. The van der Waals surface area contributed by atoms with Crippen LogP contribution in [0.2, 0.25) is 0 Å². The first-order valence-electron chi connectivity index (χ1n) is 12.1. The van der Waals surface area contributed by atoms with Crippen LogP contribution in [-0.4, -0.2) is 53.0 Å². The Morgan fingerprint density at radius 2 is 1.65 bits per heavy atom. The minimum Gasteiger partial charge on any atom is -0.478 e. The molecule has 1 aliphatic heterocycles. The van der Waals surface area contributed by atoms with Gasteiger partial charge in [0, 0.05) is 45.5 Å². The molecule has 1 aromatic heterocycles. The Morgan fingerprint density at radius 3 is 2.27 bits per heavy atom. The number of hydrogen-bond acceptors (Lipinski definition) is 5. The van der Waals surface area contributed by atoms with Crippen LogP contribution in [0.5, 0.6) is 0 Å². The number of halogens is 2. The minimum atomic E-state index is -0.936. The molecule has 1 fully saturated rings. The second-order valence-electron chi connectivity index (χ2n) is 9.30. The summed E-state index contributed by atoms with van der Waals surface area (Å²) >= 11 is 0. The van der Waals surface area contributed by atoms with Crippen LogP contribution in [0.25, 0.3) is 0 Å². The highest BCUT2D eigenvalue weighted by atomic mass is 35.5. The number of rotatable bonds is 8. The third-order valence-electron chi connectivity index (χ3n) is 6.47. The molecular formula is C28H32ClFN4O3. The fourth-order valence-corrected chi connectivity index (χ4v) is 4.47. The molecule has 0 saturated carbocycles. The molecule has 196 valence electrons. The molecule has 2 N–H and O–H groups in total. The number of carboxylic acid groups (broad SMARTS) is 1. The Labute approximate surface area is 222 Å². The summed E-state index contributed by atoms with van der Waals surface area (Å²) in [5.74, 6) is -1.25. The Hall–Kier alpha value is -3.49. The normalized spacial score (nSPS) is 13.8. The highest BCUT2D eigenvalue weighted by Crippen LogP contribution is 2.28. The molecule has 2 aromatic carbocycles. The molecule has 1 aliphatic rings. The van der Waals surface area contributed by atoms with E-state index >= 15 is 0 Å². The number of anilines is 1. The SMILES string of the molecule is CC(C)c1ccnc(N2CCN(Cc3ccc(CNC(=O)c4ccccc4F)cc3)CC2)c1C(=O)O.Cl. The summed E-state index contributed by atoms with van der Waals surface area (Å²) in [6.45, 7) is 8.09. The maximum atomic E-state index is 13.8. The summed E-state index contributed by atoms with van der Waals surface area (Å²) < 4.78 is 13.8. The molecule has 0 bridgehead atoms. The van der Waals surface area contributed by atoms with Gasteiger partial charge in [-0.3, -0.25) is 9.69 Å². The third-order valence-corrected chi connectivity index (χ3v) is 6.47. The number of carboxylic acids is 1. The summed E-state index contributed by atoms with van der Waals surface area (Å²) in [6, 6.07) is 15.7. The van der Waals surface area contributed by atoms with Crippen LogP contribution < -0.4 is 10.2 Å². The summed E-state index contributed by atoms with van der Waals surface area (Å²) in [5, 5.41) is 12.6. The Kier molecular flexibility index (Phi) is 9.60. The standard InChI is InChI=1S/C28H31FN4O3.ClH/c1-19(2)22-11-12-30-26(25(22)28(35)36)33-15-13-32(14-16-33)18-21-9-7-20(8-10-21)17-31-27(34)23-5-3-4-6-24(23)29;/h3-12,19H,13-18H2,1-2H3,(H,31,34)(H,35,36);1H. The van der Waals surface area contributed by atoms with Crippen molar-refractivity contribution in [2.45, 2.75) is 32.9 Å². The van der Waals surface area contributed by atoms with Gasteiger partial charge < -0.3 is 15.3 Å². The van der Waals surface area contributed by atoms with Gasteiger partial charge in [-0.05, 0) is 40.8 Å². The van der Waals surface area contributed by atoms with E-state index in [1.165, 1.54) is 12.1 Å². The fourth-order valence-electron chi connectivity index (χ4n) is 4.47. The maximum absolute atomic E-state index is 13.8. The summed E-state index contributed by atoms with van der Waals surface area (Å²) in [5.41, 5.74) is 3.23. The number of piperazine rings is 1. The average Bonchev–Trinajstić information content (AvgIpc) is 2.88. The van der Waals surface area contributed by atoms with Crippen molar-refractivity contribution in [3.8, 4) is 0 Å². The van der Waals surface area contributed by atoms with Crippen LogP contribution >= 0.6 is 12.4 Å². The quantitative estimate of drug-likeness (QED) is 0.442. The van der Waals surface area contributed by atoms with Gasteiger partial charge in [-0.2, -0.15) is 0 Å². The number of pyridine rings is 1. The number of carbonyl (C=O) groups excluding carboxylic acids is 1. The summed E-state index contributed by atoms with van der Waals surface area (Å²) in [6.07, 6.45) is 1.70. The molecule has 0 aliphatic carbocycles. The van der Waals surface area contributed by atoms with Crippen molar-refractivity contribution >= 4 is 30.1 Å². The van der Waals surface area contributed by atoms with Gasteiger partial charge in [0.2, 0.25) is 0 Å². The zero-order valence-corrected chi connectivity index (χ0v) is 21.8. The number of nitrogens with zero attached hydrogens (tertiary/aromatic N) is 3. The number of amides is 1. The van der Waals surface area contributed by atoms with E-state index in [0.29, 0.717) is 31.0 Å². The molecule has 0 unspecified atom stereocenters. The number of nitrogens with one attached hydrogen (secondary N) is 1. The largest absolute Gasteiger partial charge is 0.478 e. The minimum absolute atomic E-state index is 0. The molecule has 0 spiro atoms. The van der Waals surface area contributed by atoms with E-state index in [-0.39, 0.29) is 23.9 Å². The van der Waals surface area contributed by atoms with Crippen LogP contribution in [0.3, 0.4) is 0 Å². The lowest BCUT2D eigenvalue weighted by Crippen LogP contribution is -2.46. The first-order valence-corrected chi connectivity index (χ1v) is 12.1. The molecule has 3 aromatic rings. The number of hydrogen-bond donors (Lipinski definition) is 2. The molecule has 0 radical (unpaired) electrons. The van der Waals surface area contributed by atoms with Crippen LogP contribution in [0.4, 0.5) is 10.2 Å². The van der Waals surface area contributed by atoms with Gasteiger partial charge in [0.25, 0.3) is 5.91 Å². The smallest absolute Gasteiger partial charge is 0.339 e. The number of aromatic carboxylic acids is 1. The molecule has 7 nitrogen and oxygen atoms in total. The van der Waals surface area contributed by atoms with Gasteiger partial charge in [-0.15, -0.1) is 12.4 Å². The zero-order valence-electron chi connectivity index (χ0n) is 21.0. The van der Waals surface area contributed by atoms with Crippen molar-refractivity contribution in [1.82, 2.24) is 15.2 Å². The number of aromatic nitrogens is 1. The Balaban J connectivity index is 0.00000380. The number of benzene rings is 2. The topological polar surface area (TPSA) is 85.8 Å². The average molecular weight is 527 g/mol. The highest BCUT2D eigenvalue weighted by Gasteiger charge is 2.25. The van der Waals surface area contributed by atoms with E-state index < -0.39 is 17.7 Å². The third kappa shape index (κ3) is 6.84. The van der Waals surface area contributed by atoms with E-state index in [9.17, 15) is 19.1 Å². The van der Waals surface area contributed by atoms with Crippen molar-refractivity contribution in [2.75, 3.05) is 31.1 Å². The van der Waals surface area contributed by atoms with Crippen LogP contribution in [0, 0.1) is 5.82 Å². The second-order valence-corrected chi connectivity index (χ2v) is 9.30. The van der Waals surface area contributed by atoms with E-state index in [1.54, 1.807) is 24.4 Å². The molecule has 1 saturated heterocycles. The van der Waals surface area contributed by atoms with E-state index in [2.05, 4.69) is 20.1 Å². The molecule has 4 rings (SSSR count). The van der Waals surface area contributed by atoms with Crippen LogP contribution in [0.1, 0.15) is 57.2 Å². The monoisotopic (exact) mass is 526 g/mol. The molecule has 9 heteroatoms. The van der Waals surface area contributed by atoms with Crippen molar-refractivity contribution in [1.29, 1.82) is 0 Å². The molecule has 1 amide bonds. The van der Waals surface area contributed by atoms with Gasteiger partial charge in [-0.25, -0.2) is 14.2 Å². The van der Waals surface area contributed by atoms with Crippen LogP contribution in [0.15, 0.2) is 60.8 Å². The fraction of sp³-hybridized carbons (Fsp3) is 0.321. The Morgan fingerprint density at radius 1 is 1.00 bits per heavy atom. The zero-order chi connectivity index (χ0) is 25.7. The van der Waals surface area contributed by atoms with Gasteiger partial charge in [0.05, 0.1) is 5.56 Å². The maximum Gasteiger partial charge on any atom is 0.339 e. The molecular weight excluding hydrogens is 495 g/mol. The Bertz CT molecular complexity index is 1230. The lowest BCUT2D eigenvalue weighted by molar-refractivity contribution is 0.0695. The first-order chi connectivity index (χ1) is 17.3. The molecule has 2 heterocycles. The van der Waals surface area contributed by atoms with Gasteiger partial charge in [-0.1, -0.05) is 50.2 Å². The van der Waals surface area contributed by atoms with Crippen molar-refractivity contribution < 1.29 is 19.1 Å². The van der Waals surface area contributed by atoms with Gasteiger partial charge in [0.1, 0.15) is 17.2 Å².